The van der Waals surface area contributed by atoms with Crippen LogP contribution < -0.4 is 5.32 Å². The topological polar surface area (TPSA) is 49.4 Å². The number of benzene rings is 1. The molecule has 1 aromatic carbocycles. The fourth-order valence-corrected chi connectivity index (χ4v) is 4.70. The number of rotatable bonds is 8. The van der Waals surface area contributed by atoms with Gasteiger partial charge in [-0.2, -0.15) is 0 Å². The summed E-state index contributed by atoms with van der Waals surface area (Å²) >= 11 is 1.74. The van der Waals surface area contributed by atoms with Crippen molar-refractivity contribution in [3.05, 3.63) is 35.9 Å². The minimum Gasteiger partial charge on any atom is -0.348 e. The third-order valence-corrected chi connectivity index (χ3v) is 5.98. The van der Waals surface area contributed by atoms with Crippen LogP contribution in [0, 0.1) is 0 Å². The van der Waals surface area contributed by atoms with Crippen molar-refractivity contribution in [1.29, 1.82) is 0 Å². The van der Waals surface area contributed by atoms with Crippen LogP contribution in [0.15, 0.2) is 30.3 Å². The summed E-state index contributed by atoms with van der Waals surface area (Å²) in [6.45, 7) is 6.20. The zero-order valence-corrected chi connectivity index (χ0v) is 16.3. The summed E-state index contributed by atoms with van der Waals surface area (Å²) in [6, 6.07) is 9.53. The number of unbranched alkanes of at least 4 members (excludes halogenated alkanes) is 1. The van der Waals surface area contributed by atoms with E-state index in [4.69, 9.17) is 0 Å². The summed E-state index contributed by atoms with van der Waals surface area (Å²) in [5.41, 5.74) is 1.08. The first-order valence-corrected chi connectivity index (χ1v) is 10.4. The zero-order chi connectivity index (χ0) is 18.2. The molecule has 5 heteroatoms. The molecule has 0 saturated carbocycles. The molecule has 2 amide bonds. The number of hydrogen-bond donors (Lipinski definition) is 1. The van der Waals surface area contributed by atoms with Crippen LogP contribution in [0.5, 0.6) is 0 Å². The van der Waals surface area contributed by atoms with Crippen LogP contribution in [0.4, 0.5) is 0 Å². The van der Waals surface area contributed by atoms with Gasteiger partial charge in [0.05, 0.1) is 11.4 Å². The Morgan fingerprint density at radius 2 is 1.96 bits per heavy atom. The molecule has 3 atom stereocenters. The molecule has 0 unspecified atom stereocenters. The molecule has 0 aromatic heterocycles. The molecular formula is C20H30N2O2S. The molecule has 0 spiro atoms. The summed E-state index contributed by atoms with van der Waals surface area (Å²) in [6.07, 6.45) is 4.38. The van der Waals surface area contributed by atoms with Crippen molar-refractivity contribution in [2.75, 3.05) is 5.75 Å². The van der Waals surface area contributed by atoms with Crippen molar-refractivity contribution in [3.63, 3.8) is 0 Å². The molecule has 0 radical (unpaired) electrons. The van der Waals surface area contributed by atoms with E-state index in [1.165, 1.54) is 0 Å². The minimum atomic E-state index is -0.350. The first-order valence-electron chi connectivity index (χ1n) is 9.36. The summed E-state index contributed by atoms with van der Waals surface area (Å²) in [4.78, 5) is 27.4. The molecule has 4 nitrogen and oxygen atoms in total. The van der Waals surface area contributed by atoms with Gasteiger partial charge < -0.3 is 10.2 Å². The second-order valence-corrected chi connectivity index (χ2v) is 7.85. The number of carbonyl (C=O) groups excluding carboxylic acids is 2. The molecule has 0 bridgehead atoms. The Kier molecular flexibility index (Phi) is 7.82. The van der Waals surface area contributed by atoms with E-state index in [0.29, 0.717) is 12.2 Å². The molecule has 1 aliphatic heterocycles. The molecular weight excluding hydrogens is 332 g/mol. The molecule has 1 fully saturated rings. The largest absolute Gasteiger partial charge is 0.348 e. The molecule has 25 heavy (non-hydrogen) atoms. The maximum Gasteiger partial charge on any atom is 0.244 e. The highest BCUT2D eigenvalue weighted by atomic mass is 32.2. The standard InChI is InChI=1S/C20H30N2O2S/c1-4-6-13-18(23)22-17(14-25-19(22)10-5-2)20(24)21-15(3)16-11-8-7-9-12-16/h7-9,11-12,15,17,19H,4-6,10,13-14H2,1-3H3,(H,21,24)/t15-,17+,19-/m0/s1. The van der Waals surface area contributed by atoms with Crippen molar-refractivity contribution in [2.45, 2.75) is 70.3 Å². The smallest absolute Gasteiger partial charge is 0.244 e. The average molecular weight is 363 g/mol. The molecule has 2 rings (SSSR count). The first-order chi connectivity index (χ1) is 12.1. The van der Waals surface area contributed by atoms with Gasteiger partial charge in [0.1, 0.15) is 6.04 Å². The van der Waals surface area contributed by atoms with E-state index >= 15 is 0 Å². The fraction of sp³-hybridized carbons (Fsp3) is 0.600. The van der Waals surface area contributed by atoms with E-state index in [9.17, 15) is 9.59 Å². The summed E-state index contributed by atoms with van der Waals surface area (Å²) in [5.74, 6) is 0.778. The third-order valence-electron chi connectivity index (χ3n) is 4.62. The van der Waals surface area contributed by atoms with Crippen LogP contribution in [0.3, 0.4) is 0 Å². The van der Waals surface area contributed by atoms with Crippen LogP contribution in [-0.4, -0.2) is 33.9 Å². The fourth-order valence-electron chi connectivity index (χ4n) is 3.16. The molecule has 1 saturated heterocycles. The maximum absolute atomic E-state index is 12.8. The number of carbonyl (C=O) groups is 2. The van der Waals surface area contributed by atoms with Gasteiger partial charge in [-0.15, -0.1) is 11.8 Å². The number of hydrogen-bond acceptors (Lipinski definition) is 3. The van der Waals surface area contributed by atoms with Crippen molar-refractivity contribution in [3.8, 4) is 0 Å². The van der Waals surface area contributed by atoms with E-state index in [2.05, 4.69) is 19.2 Å². The SMILES string of the molecule is CCCCC(=O)N1[C@H](CCC)SC[C@@H]1C(=O)N[C@@H](C)c1ccccc1. The highest BCUT2D eigenvalue weighted by molar-refractivity contribution is 8.00. The van der Waals surface area contributed by atoms with Gasteiger partial charge in [-0.05, 0) is 25.3 Å². The first kappa shape index (κ1) is 19.8. The van der Waals surface area contributed by atoms with Crippen molar-refractivity contribution in [2.24, 2.45) is 0 Å². The Morgan fingerprint density at radius 1 is 1.24 bits per heavy atom. The van der Waals surface area contributed by atoms with E-state index in [-0.39, 0.29) is 29.3 Å². The molecule has 138 valence electrons. The van der Waals surface area contributed by atoms with Gasteiger partial charge in [-0.25, -0.2) is 0 Å². The lowest BCUT2D eigenvalue weighted by Crippen LogP contribution is -2.50. The Labute approximate surface area is 155 Å². The van der Waals surface area contributed by atoms with Gasteiger partial charge in [-0.1, -0.05) is 57.0 Å². The van der Waals surface area contributed by atoms with Crippen LogP contribution in [0.2, 0.25) is 0 Å². The van der Waals surface area contributed by atoms with Crippen molar-refractivity contribution >= 4 is 23.6 Å². The Morgan fingerprint density at radius 3 is 2.60 bits per heavy atom. The predicted molar refractivity (Wildman–Crippen MR) is 104 cm³/mol. The van der Waals surface area contributed by atoms with Crippen LogP contribution >= 0.6 is 11.8 Å². The van der Waals surface area contributed by atoms with Gasteiger partial charge in [-0.3, -0.25) is 9.59 Å². The van der Waals surface area contributed by atoms with Gasteiger partial charge in [0.25, 0.3) is 0 Å². The highest BCUT2D eigenvalue weighted by Crippen LogP contribution is 2.33. The molecule has 1 heterocycles. The Balaban J connectivity index is 2.06. The van der Waals surface area contributed by atoms with Crippen LogP contribution in [-0.2, 0) is 9.59 Å². The van der Waals surface area contributed by atoms with Crippen molar-refractivity contribution in [1.82, 2.24) is 10.2 Å². The zero-order valence-electron chi connectivity index (χ0n) is 15.5. The van der Waals surface area contributed by atoms with Crippen molar-refractivity contribution < 1.29 is 9.59 Å². The lowest BCUT2D eigenvalue weighted by Gasteiger charge is -2.29. The molecule has 1 aromatic rings. The highest BCUT2D eigenvalue weighted by Gasteiger charge is 2.40. The number of thioether (sulfide) groups is 1. The second-order valence-electron chi connectivity index (χ2n) is 6.64. The predicted octanol–water partition coefficient (Wildman–Crippen LogP) is 4.12. The number of nitrogens with one attached hydrogen (secondary N) is 1. The molecule has 0 aliphatic carbocycles. The van der Waals surface area contributed by atoms with E-state index in [0.717, 1.165) is 31.2 Å². The van der Waals surface area contributed by atoms with E-state index in [1.54, 1.807) is 11.8 Å². The third kappa shape index (κ3) is 5.24. The normalized spacial score (nSPS) is 21.2. The van der Waals surface area contributed by atoms with Gasteiger partial charge in [0.2, 0.25) is 11.8 Å². The van der Waals surface area contributed by atoms with E-state index < -0.39 is 0 Å². The van der Waals surface area contributed by atoms with Gasteiger partial charge in [0, 0.05) is 12.2 Å². The molecule has 1 aliphatic rings. The monoisotopic (exact) mass is 362 g/mol. The average Bonchev–Trinajstić information content (AvgIpc) is 3.04. The van der Waals surface area contributed by atoms with E-state index in [1.807, 2.05) is 42.2 Å². The minimum absolute atomic E-state index is 0.0349. The van der Waals surface area contributed by atoms with Crippen LogP contribution in [0.1, 0.15) is 64.5 Å². The lowest BCUT2D eigenvalue weighted by atomic mass is 10.1. The molecule has 1 N–H and O–H groups in total. The van der Waals surface area contributed by atoms with Crippen LogP contribution in [0.25, 0.3) is 0 Å². The van der Waals surface area contributed by atoms with Gasteiger partial charge >= 0.3 is 0 Å². The van der Waals surface area contributed by atoms with Gasteiger partial charge in [0.15, 0.2) is 0 Å². The quantitative estimate of drug-likeness (QED) is 0.757. The summed E-state index contributed by atoms with van der Waals surface area (Å²) in [5, 5.41) is 3.23. The second kappa shape index (κ2) is 9.85. The number of amides is 2. The lowest BCUT2D eigenvalue weighted by molar-refractivity contribution is -0.140. The summed E-state index contributed by atoms with van der Waals surface area (Å²) in [7, 11) is 0. The summed E-state index contributed by atoms with van der Waals surface area (Å²) < 4.78 is 0. The maximum atomic E-state index is 12.8. The Hall–Kier alpha value is -1.49. The number of nitrogens with zero attached hydrogens (tertiary/aromatic N) is 1. The Bertz CT molecular complexity index is 564.